The van der Waals surface area contributed by atoms with Crippen LogP contribution >= 0.6 is 0 Å². The minimum absolute atomic E-state index is 0.202. The summed E-state index contributed by atoms with van der Waals surface area (Å²) in [5.41, 5.74) is 3.36. The summed E-state index contributed by atoms with van der Waals surface area (Å²) in [6.45, 7) is 2.08. The molecular weight excluding hydrogens is 254 g/mol. The van der Waals surface area contributed by atoms with Crippen molar-refractivity contribution in [2.75, 3.05) is 0 Å². The Kier molecular flexibility index (Phi) is 2.28. The summed E-state index contributed by atoms with van der Waals surface area (Å²) in [6, 6.07) is 3.95. The number of carboxylic acid groups (broad SMARTS) is 1. The molecule has 5 heteroatoms. The number of nitrogens with zero attached hydrogens (tertiary/aromatic N) is 3. The molecule has 0 aliphatic heterocycles. The number of pyridine rings is 1. The van der Waals surface area contributed by atoms with Crippen LogP contribution in [0, 0.1) is 5.92 Å². The van der Waals surface area contributed by atoms with Crippen molar-refractivity contribution in [3.8, 4) is 5.82 Å². The number of aromatic nitrogens is 3. The van der Waals surface area contributed by atoms with Gasteiger partial charge in [0, 0.05) is 17.7 Å². The number of carbonyl (C=O) groups is 1. The van der Waals surface area contributed by atoms with Gasteiger partial charge < -0.3 is 5.11 Å². The van der Waals surface area contributed by atoms with E-state index in [0.717, 1.165) is 36.3 Å². The van der Waals surface area contributed by atoms with Crippen LogP contribution in [0.4, 0.5) is 0 Å². The molecule has 1 N–H and O–H groups in total. The quantitative estimate of drug-likeness (QED) is 0.927. The Bertz CT molecular complexity index is 703. The molecular formula is C15H15N3O2. The number of aromatic carboxylic acids is 1. The van der Waals surface area contributed by atoms with E-state index in [1.807, 2.05) is 18.3 Å². The largest absolute Gasteiger partial charge is 0.476 e. The molecule has 0 unspecified atom stereocenters. The lowest BCUT2D eigenvalue weighted by Crippen LogP contribution is -2.06. The maximum Gasteiger partial charge on any atom is 0.356 e. The summed E-state index contributed by atoms with van der Waals surface area (Å²) < 4.78 is 1.75. The maximum atomic E-state index is 11.3. The molecule has 2 aliphatic rings. The molecule has 20 heavy (non-hydrogen) atoms. The summed E-state index contributed by atoms with van der Waals surface area (Å²) in [4.78, 5) is 15.8. The summed E-state index contributed by atoms with van der Waals surface area (Å²) >= 11 is 0. The highest BCUT2D eigenvalue weighted by Crippen LogP contribution is 2.57. The van der Waals surface area contributed by atoms with Crippen LogP contribution in [-0.2, 0) is 12.8 Å². The fourth-order valence-corrected chi connectivity index (χ4v) is 3.21. The van der Waals surface area contributed by atoms with Crippen LogP contribution in [0.1, 0.15) is 46.6 Å². The van der Waals surface area contributed by atoms with E-state index in [1.54, 1.807) is 4.68 Å². The number of aryl methyl sites for hydroxylation is 1. The van der Waals surface area contributed by atoms with Gasteiger partial charge in [-0.05, 0) is 36.8 Å². The van der Waals surface area contributed by atoms with Crippen molar-refractivity contribution in [1.82, 2.24) is 14.8 Å². The van der Waals surface area contributed by atoms with Crippen LogP contribution in [0.15, 0.2) is 18.3 Å². The van der Waals surface area contributed by atoms with Crippen LogP contribution in [0.3, 0.4) is 0 Å². The van der Waals surface area contributed by atoms with Crippen molar-refractivity contribution in [3.63, 3.8) is 0 Å². The second-order valence-corrected chi connectivity index (χ2v) is 5.61. The smallest absolute Gasteiger partial charge is 0.356 e. The lowest BCUT2D eigenvalue weighted by atomic mass is 10.1. The van der Waals surface area contributed by atoms with E-state index < -0.39 is 5.97 Å². The van der Waals surface area contributed by atoms with E-state index in [4.69, 9.17) is 0 Å². The number of fused-ring (bicyclic) bond motifs is 3. The minimum atomic E-state index is -0.938. The van der Waals surface area contributed by atoms with Gasteiger partial charge in [-0.1, -0.05) is 13.0 Å². The highest BCUT2D eigenvalue weighted by Gasteiger charge is 2.50. The Balaban J connectivity index is 1.85. The molecule has 2 aliphatic carbocycles. The molecule has 0 radical (unpaired) electrons. The molecule has 0 aromatic carbocycles. The first-order valence-corrected chi connectivity index (χ1v) is 6.99. The van der Waals surface area contributed by atoms with Crippen molar-refractivity contribution in [3.05, 3.63) is 40.8 Å². The van der Waals surface area contributed by atoms with E-state index >= 15 is 0 Å². The van der Waals surface area contributed by atoms with Gasteiger partial charge in [-0.3, -0.25) is 0 Å². The highest BCUT2D eigenvalue weighted by atomic mass is 16.4. The van der Waals surface area contributed by atoms with Gasteiger partial charge in [0.05, 0.1) is 5.69 Å². The number of hydrogen-bond acceptors (Lipinski definition) is 3. The van der Waals surface area contributed by atoms with Crippen LogP contribution in [-0.4, -0.2) is 25.8 Å². The zero-order valence-corrected chi connectivity index (χ0v) is 11.2. The van der Waals surface area contributed by atoms with Gasteiger partial charge in [0.1, 0.15) is 0 Å². The molecule has 2 aromatic rings. The van der Waals surface area contributed by atoms with Gasteiger partial charge in [0.15, 0.2) is 11.5 Å². The van der Waals surface area contributed by atoms with Gasteiger partial charge in [-0.25, -0.2) is 14.5 Å². The van der Waals surface area contributed by atoms with Crippen LogP contribution in [0.2, 0.25) is 0 Å². The molecule has 4 rings (SSSR count). The molecule has 1 fully saturated rings. The molecule has 2 aromatic heterocycles. The van der Waals surface area contributed by atoms with E-state index in [-0.39, 0.29) is 5.69 Å². The molecule has 0 bridgehead atoms. The van der Waals surface area contributed by atoms with Crippen molar-refractivity contribution in [2.45, 2.75) is 32.1 Å². The zero-order chi connectivity index (χ0) is 13.9. The van der Waals surface area contributed by atoms with Crippen LogP contribution in [0.25, 0.3) is 5.82 Å². The standard InChI is InChI=1S/C15H15N3O2/c1-2-8-3-4-12(16-7-8)18-14-10-5-9(10)6-11(14)13(17-18)15(19)20/h3-4,7,9-10H,2,5-6H2,1H3,(H,19,20)/t9-,10-/m1/s1. The second-order valence-electron chi connectivity index (χ2n) is 5.61. The van der Waals surface area contributed by atoms with Gasteiger partial charge in [0.25, 0.3) is 0 Å². The van der Waals surface area contributed by atoms with E-state index in [2.05, 4.69) is 17.0 Å². The monoisotopic (exact) mass is 269 g/mol. The summed E-state index contributed by atoms with van der Waals surface area (Å²) in [6.07, 6.45) is 4.79. The lowest BCUT2D eigenvalue weighted by molar-refractivity contribution is 0.0688. The summed E-state index contributed by atoms with van der Waals surface area (Å²) in [5, 5.41) is 13.6. The van der Waals surface area contributed by atoms with E-state index in [0.29, 0.717) is 11.8 Å². The predicted octanol–water partition coefficient (Wildman–Crippen LogP) is 2.19. The predicted molar refractivity (Wildman–Crippen MR) is 72.2 cm³/mol. The second kappa shape index (κ2) is 3.91. The third-order valence-corrected chi connectivity index (χ3v) is 4.40. The Labute approximate surface area is 116 Å². The molecule has 2 heterocycles. The average Bonchev–Trinajstić information content (AvgIpc) is 2.95. The average molecular weight is 269 g/mol. The molecule has 102 valence electrons. The minimum Gasteiger partial charge on any atom is -0.476 e. The summed E-state index contributed by atoms with van der Waals surface area (Å²) in [7, 11) is 0. The van der Waals surface area contributed by atoms with Crippen LogP contribution in [0.5, 0.6) is 0 Å². The fraction of sp³-hybridized carbons (Fsp3) is 0.400. The normalized spacial score (nSPS) is 22.4. The van der Waals surface area contributed by atoms with Gasteiger partial charge in [0.2, 0.25) is 0 Å². The molecule has 0 saturated heterocycles. The van der Waals surface area contributed by atoms with Gasteiger partial charge in [-0.15, -0.1) is 0 Å². The molecule has 1 saturated carbocycles. The molecule has 0 amide bonds. The third kappa shape index (κ3) is 1.52. The Hall–Kier alpha value is -2.17. The van der Waals surface area contributed by atoms with Gasteiger partial charge >= 0.3 is 5.97 Å². The first-order valence-electron chi connectivity index (χ1n) is 6.99. The van der Waals surface area contributed by atoms with Crippen molar-refractivity contribution < 1.29 is 9.90 Å². The fourth-order valence-electron chi connectivity index (χ4n) is 3.21. The maximum absolute atomic E-state index is 11.3. The Morgan fingerprint density at radius 3 is 3.00 bits per heavy atom. The highest BCUT2D eigenvalue weighted by molar-refractivity contribution is 5.88. The van der Waals surface area contributed by atoms with Gasteiger partial charge in [-0.2, -0.15) is 5.10 Å². The number of rotatable bonds is 3. The number of carboxylic acids is 1. The van der Waals surface area contributed by atoms with Crippen molar-refractivity contribution in [1.29, 1.82) is 0 Å². The first kappa shape index (κ1) is 11.6. The van der Waals surface area contributed by atoms with Crippen LogP contribution < -0.4 is 0 Å². The third-order valence-electron chi connectivity index (χ3n) is 4.40. The zero-order valence-electron chi connectivity index (χ0n) is 11.2. The Morgan fingerprint density at radius 1 is 1.50 bits per heavy atom. The van der Waals surface area contributed by atoms with Crippen molar-refractivity contribution in [2.24, 2.45) is 5.92 Å². The topological polar surface area (TPSA) is 68.0 Å². The number of hydrogen-bond donors (Lipinski definition) is 1. The SMILES string of the molecule is CCc1ccc(-n2nc(C(=O)O)c3c2[C@@H]2C[C@@H]2C3)nc1. The molecule has 0 spiro atoms. The Morgan fingerprint density at radius 2 is 2.35 bits per heavy atom. The first-order chi connectivity index (χ1) is 9.69. The van der Waals surface area contributed by atoms with E-state index in [1.165, 1.54) is 5.56 Å². The lowest BCUT2D eigenvalue weighted by Gasteiger charge is -2.05. The summed E-state index contributed by atoms with van der Waals surface area (Å²) in [5.74, 6) is 0.894. The molecule has 2 atom stereocenters. The van der Waals surface area contributed by atoms with Crippen molar-refractivity contribution >= 4 is 5.97 Å². The molecule has 5 nitrogen and oxygen atoms in total. The van der Waals surface area contributed by atoms with E-state index in [9.17, 15) is 9.90 Å².